The molecular weight excluding hydrogens is 280 g/mol. The number of fused-ring (bicyclic) bond motifs is 3. The molecule has 2 heteroatoms. The van der Waals surface area contributed by atoms with Gasteiger partial charge in [0.15, 0.2) is 5.69 Å². The number of benzene rings is 3. The highest BCUT2D eigenvalue weighted by Crippen LogP contribution is 2.35. The second-order valence-electron chi connectivity index (χ2n) is 5.91. The van der Waals surface area contributed by atoms with Crippen LogP contribution in [0.15, 0.2) is 60.7 Å². The van der Waals surface area contributed by atoms with E-state index in [0.29, 0.717) is 5.69 Å². The number of hydrogen-bond donors (Lipinski definition) is 0. The highest BCUT2D eigenvalue weighted by atomic mass is 15.0. The highest BCUT2D eigenvalue weighted by Gasteiger charge is 2.15. The highest BCUT2D eigenvalue weighted by molar-refractivity contribution is 6.09. The van der Waals surface area contributed by atoms with Gasteiger partial charge in [-0.25, -0.2) is 4.85 Å². The van der Waals surface area contributed by atoms with Gasteiger partial charge in [-0.15, -0.1) is 0 Å². The van der Waals surface area contributed by atoms with Crippen LogP contribution in [0, 0.1) is 20.4 Å². The van der Waals surface area contributed by atoms with Crippen LogP contribution in [0.5, 0.6) is 0 Å². The minimum absolute atomic E-state index is 0.699. The van der Waals surface area contributed by atoms with Crippen molar-refractivity contribution in [3.05, 3.63) is 83.2 Å². The Balaban J connectivity index is 2.20. The number of aryl methyl sites for hydroxylation is 2. The van der Waals surface area contributed by atoms with Crippen LogP contribution in [0.25, 0.3) is 32.3 Å². The summed E-state index contributed by atoms with van der Waals surface area (Å²) in [6.07, 6.45) is 0. The van der Waals surface area contributed by atoms with Gasteiger partial charge in [-0.2, -0.15) is 0 Å². The zero-order valence-electron chi connectivity index (χ0n) is 13.2. The molecule has 0 aliphatic heterocycles. The van der Waals surface area contributed by atoms with Crippen molar-refractivity contribution in [3.63, 3.8) is 0 Å². The molecule has 0 aliphatic rings. The molecule has 0 bridgehead atoms. The molecule has 1 aromatic heterocycles. The van der Waals surface area contributed by atoms with Gasteiger partial charge in [0.1, 0.15) is 0 Å². The summed E-state index contributed by atoms with van der Waals surface area (Å²) < 4.78 is 2.32. The normalized spacial score (nSPS) is 11.0. The van der Waals surface area contributed by atoms with Gasteiger partial charge >= 0.3 is 0 Å². The molecule has 110 valence electrons. The van der Waals surface area contributed by atoms with Crippen molar-refractivity contribution in [1.29, 1.82) is 0 Å². The minimum Gasteiger partial charge on any atom is -0.309 e. The molecule has 0 fully saturated rings. The van der Waals surface area contributed by atoms with Crippen LogP contribution in [-0.4, -0.2) is 4.57 Å². The predicted molar refractivity (Wildman–Crippen MR) is 96.5 cm³/mol. The maximum absolute atomic E-state index is 7.26. The number of hydrogen-bond acceptors (Lipinski definition) is 0. The summed E-state index contributed by atoms with van der Waals surface area (Å²) in [6.45, 7) is 11.4. The fourth-order valence-electron chi connectivity index (χ4n) is 3.51. The Labute approximate surface area is 135 Å². The summed E-state index contributed by atoms with van der Waals surface area (Å²) in [5, 5.41) is 2.52. The molecule has 2 nitrogen and oxygen atoms in total. The van der Waals surface area contributed by atoms with E-state index in [-0.39, 0.29) is 0 Å². The van der Waals surface area contributed by atoms with E-state index >= 15 is 0 Å². The first kappa shape index (κ1) is 13.6. The number of aromatic nitrogens is 1. The molecule has 0 saturated carbocycles. The fourth-order valence-corrected chi connectivity index (χ4v) is 3.51. The molecule has 4 aromatic rings. The molecule has 0 unspecified atom stereocenters. The summed E-state index contributed by atoms with van der Waals surface area (Å²) in [7, 11) is 0. The van der Waals surface area contributed by atoms with Gasteiger partial charge in [-0.3, -0.25) is 0 Å². The van der Waals surface area contributed by atoms with E-state index in [2.05, 4.69) is 71.8 Å². The van der Waals surface area contributed by atoms with E-state index in [1.54, 1.807) is 0 Å². The van der Waals surface area contributed by atoms with Crippen LogP contribution in [0.2, 0.25) is 0 Å². The molecule has 1 heterocycles. The van der Waals surface area contributed by atoms with E-state index < -0.39 is 0 Å². The molecule has 0 radical (unpaired) electrons. The molecule has 23 heavy (non-hydrogen) atoms. The largest absolute Gasteiger partial charge is 0.309 e. The minimum atomic E-state index is 0.699. The Hall–Kier alpha value is -3.05. The van der Waals surface area contributed by atoms with Crippen LogP contribution in [0.4, 0.5) is 5.69 Å². The third-order valence-electron chi connectivity index (χ3n) is 4.41. The van der Waals surface area contributed by atoms with Crippen molar-refractivity contribution < 1.29 is 0 Å². The van der Waals surface area contributed by atoms with Crippen LogP contribution >= 0.6 is 0 Å². The summed E-state index contributed by atoms with van der Waals surface area (Å²) in [5.74, 6) is 0. The predicted octanol–water partition coefficient (Wildman–Crippen LogP) is 5.95. The number of para-hydroxylation sites is 2. The van der Waals surface area contributed by atoms with Crippen LogP contribution < -0.4 is 0 Å². The Kier molecular flexibility index (Phi) is 2.96. The number of nitrogens with zero attached hydrogens (tertiary/aromatic N) is 2. The van der Waals surface area contributed by atoms with Gasteiger partial charge in [-0.05, 0) is 37.1 Å². The number of rotatable bonds is 1. The summed E-state index contributed by atoms with van der Waals surface area (Å²) in [6, 6.07) is 20.9. The van der Waals surface area contributed by atoms with Gasteiger partial charge in [0.25, 0.3) is 0 Å². The van der Waals surface area contributed by atoms with Crippen molar-refractivity contribution in [2.45, 2.75) is 13.8 Å². The average Bonchev–Trinajstić information content (AvgIpc) is 2.89. The van der Waals surface area contributed by atoms with Crippen molar-refractivity contribution in [3.8, 4) is 5.69 Å². The summed E-state index contributed by atoms with van der Waals surface area (Å²) >= 11 is 0. The zero-order chi connectivity index (χ0) is 16.0. The summed E-state index contributed by atoms with van der Waals surface area (Å²) in [4.78, 5) is 3.58. The zero-order valence-corrected chi connectivity index (χ0v) is 13.2. The second kappa shape index (κ2) is 5.00. The summed E-state index contributed by atoms with van der Waals surface area (Å²) in [5.41, 5.74) is 6.54. The van der Waals surface area contributed by atoms with Gasteiger partial charge in [0.05, 0.1) is 17.6 Å². The molecule has 4 rings (SSSR count). The molecule has 0 atom stereocenters. The maximum Gasteiger partial charge on any atom is 0.187 e. The van der Waals surface area contributed by atoms with Gasteiger partial charge in [0, 0.05) is 16.5 Å². The monoisotopic (exact) mass is 296 g/mol. The molecular formula is C21H16N2. The first-order chi connectivity index (χ1) is 11.2. The third kappa shape index (κ3) is 1.94. The van der Waals surface area contributed by atoms with E-state index in [9.17, 15) is 0 Å². The van der Waals surface area contributed by atoms with E-state index in [4.69, 9.17) is 6.57 Å². The van der Waals surface area contributed by atoms with E-state index in [1.807, 2.05) is 12.1 Å². The second-order valence-corrected chi connectivity index (χ2v) is 5.91. The first-order valence-corrected chi connectivity index (χ1v) is 7.68. The van der Waals surface area contributed by atoms with Crippen molar-refractivity contribution in [2.75, 3.05) is 0 Å². The van der Waals surface area contributed by atoms with Crippen LogP contribution in [0.3, 0.4) is 0 Å². The molecule has 0 aliphatic carbocycles. The molecule has 3 aromatic carbocycles. The topological polar surface area (TPSA) is 9.29 Å². The van der Waals surface area contributed by atoms with E-state index in [0.717, 1.165) is 11.1 Å². The smallest absolute Gasteiger partial charge is 0.187 e. The Morgan fingerprint density at radius 3 is 1.74 bits per heavy atom. The standard InChI is InChI=1S/C21H16N2/c1-14-12-16(22-3)13-15(2)21(14)23-19-10-6-4-8-17(19)18-9-5-7-11-20(18)23/h4-13H,1-2H3. The van der Waals surface area contributed by atoms with Crippen molar-refractivity contribution >= 4 is 27.5 Å². The molecule has 0 N–H and O–H groups in total. The molecule has 0 saturated heterocycles. The lowest BCUT2D eigenvalue weighted by molar-refractivity contribution is 1.12. The SMILES string of the molecule is [C-]#[N+]c1cc(C)c(-n2c3ccccc3c3ccccc32)c(C)c1. The lowest BCUT2D eigenvalue weighted by Crippen LogP contribution is -1.99. The first-order valence-electron chi connectivity index (χ1n) is 7.68. The maximum atomic E-state index is 7.26. The fraction of sp³-hybridized carbons (Fsp3) is 0.0952. The van der Waals surface area contributed by atoms with Crippen LogP contribution in [0.1, 0.15) is 11.1 Å². The van der Waals surface area contributed by atoms with Crippen molar-refractivity contribution in [2.24, 2.45) is 0 Å². The Bertz CT molecular complexity index is 1020. The van der Waals surface area contributed by atoms with Gasteiger partial charge < -0.3 is 4.57 Å². The molecule has 0 amide bonds. The van der Waals surface area contributed by atoms with Crippen molar-refractivity contribution in [1.82, 2.24) is 4.57 Å². The Morgan fingerprint density at radius 1 is 0.783 bits per heavy atom. The Morgan fingerprint density at radius 2 is 1.26 bits per heavy atom. The average molecular weight is 296 g/mol. The molecule has 0 spiro atoms. The quantitative estimate of drug-likeness (QED) is 0.384. The van der Waals surface area contributed by atoms with Gasteiger partial charge in [0.2, 0.25) is 0 Å². The lowest BCUT2D eigenvalue weighted by Gasteiger charge is -2.15. The van der Waals surface area contributed by atoms with E-state index in [1.165, 1.54) is 27.5 Å². The third-order valence-corrected chi connectivity index (χ3v) is 4.41. The van der Waals surface area contributed by atoms with Crippen LogP contribution in [-0.2, 0) is 0 Å². The van der Waals surface area contributed by atoms with Gasteiger partial charge in [-0.1, -0.05) is 48.5 Å². The lowest BCUT2D eigenvalue weighted by atomic mass is 10.1.